The van der Waals surface area contributed by atoms with Gasteiger partial charge in [0.15, 0.2) is 10.8 Å². The number of nitrogens with one attached hydrogen (secondary N) is 2. The number of hydrogen-bond donors (Lipinski definition) is 3. The summed E-state index contributed by atoms with van der Waals surface area (Å²) in [6, 6.07) is 3.76. The smallest absolute Gasteiger partial charge is 0.330 e. The van der Waals surface area contributed by atoms with Crippen molar-refractivity contribution >= 4 is 51.1 Å². The van der Waals surface area contributed by atoms with Gasteiger partial charge in [0.05, 0.1) is 18.5 Å². The highest BCUT2D eigenvalue weighted by atomic mass is 32.1. The van der Waals surface area contributed by atoms with Crippen molar-refractivity contribution in [2.24, 2.45) is 0 Å². The van der Waals surface area contributed by atoms with Crippen LogP contribution in [-0.2, 0) is 29.0 Å². The molecule has 3 aromatic heterocycles. The summed E-state index contributed by atoms with van der Waals surface area (Å²) in [6.45, 7) is 2.31. The number of nitrogen functional groups attached to an aromatic ring is 1. The number of carbonyl (C=O) groups excluding carboxylic acids is 2. The van der Waals surface area contributed by atoms with Crippen molar-refractivity contribution in [3.63, 3.8) is 0 Å². The number of likely N-dealkylation sites (N-methyl/N-ethyl adjacent to an activating group) is 1. The average molecular weight is 477 g/mol. The molecule has 0 aliphatic heterocycles. The Balaban J connectivity index is 1.69. The molecule has 12 heteroatoms. The van der Waals surface area contributed by atoms with Gasteiger partial charge in [-0.2, -0.15) is 0 Å². The topological polar surface area (TPSA) is 143 Å². The van der Waals surface area contributed by atoms with Gasteiger partial charge in [-0.05, 0) is 17.9 Å². The first-order valence-corrected chi connectivity index (χ1v) is 11.7. The van der Waals surface area contributed by atoms with Gasteiger partial charge in [-0.1, -0.05) is 19.4 Å². The molecule has 3 heterocycles. The first-order chi connectivity index (χ1) is 15.3. The highest BCUT2D eigenvalue weighted by Gasteiger charge is 2.22. The van der Waals surface area contributed by atoms with Crippen LogP contribution in [-0.4, -0.2) is 33.4 Å². The Kier molecular flexibility index (Phi) is 7.59. The van der Waals surface area contributed by atoms with E-state index < -0.39 is 17.2 Å². The van der Waals surface area contributed by atoms with Gasteiger partial charge in [0.1, 0.15) is 5.82 Å². The van der Waals surface area contributed by atoms with Crippen LogP contribution in [0, 0.1) is 0 Å². The average Bonchev–Trinajstić information content (AvgIpc) is 3.39. The van der Waals surface area contributed by atoms with Crippen molar-refractivity contribution in [2.75, 3.05) is 23.0 Å². The van der Waals surface area contributed by atoms with Crippen LogP contribution in [0.5, 0.6) is 0 Å². The predicted molar refractivity (Wildman–Crippen MR) is 127 cm³/mol. The highest BCUT2D eigenvalue weighted by Crippen LogP contribution is 2.20. The molecule has 170 valence electrons. The fourth-order valence-corrected chi connectivity index (χ4v) is 4.45. The fraction of sp³-hybridized carbons (Fsp3) is 0.350. The van der Waals surface area contributed by atoms with Crippen LogP contribution < -0.4 is 27.2 Å². The van der Waals surface area contributed by atoms with E-state index in [1.165, 1.54) is 34.3 Å². The minimum atomic E-state index is -0.726. The van der Waals surface area contributed by atoms with E-state index in [9.17, 15) is 19.2 Å². The number of unbranched alkanes of at least 4 members (excludes halogenated alkanes) is 1. The lowest BCUT2D eigenvalue weighted by molar-refractivity contribution is -0.118. The van der Waals surface area contributed by atoms with E-state index in [0.29, 0.717) is 23.8 Å². The number of rotatable bonds is 9. The van der Waals surface area contributed by atoms with Gasteiger partial charge in [-0.15, -0.1) is 22.7 Å². The maximum absolute atomic E-state index is 12.8. The van der Waals surface area contributed by atoms with E-state index in [-0.39, 0.29) is 30.3 Å². The van der Waals surface area contributed by atoms with E-state index in [1.54, 1.807) is 5.38 Å². The second-order valence-electron chi connectivity index (χ2n) is 7.08. The maximum atomic E-state index is 12.8. The Bertz CT molecular complexity index is 1210. The summed E-state index contributed by atoms with van der Waals surface area (Å²) in [5.41, 5.74) is 5.10. The van der Waals surface area contributed by atoms with Crippen molar-refractivity contribution in [3.05, 3.63) is 54.3 Å². The molecule has 0 saturated heterocycles. The zero-order valence-corrected chi connectivity index (χ0v) is 19.3. The largest absolute Gasteiger partial charge is 0.383 e. The van der Waals surface area contributed by atoms with Crippen molar-refractivity contribution in [2.45, 2.75) is 39.2 Å². The van der Waals surface area contributed by atoms with Crippen LogP contribution in [0.1, 0.15) is 30.3 Å². The molecule has 0 fully saturated rings. The molecule has 4 N–H and O–H groups in total. The number of nitrogens with two attached hydrogens (primary N) is 1. The summed E-state index contributed by atoms with van der Waals surface area (Å²) in [5, 5.41) is 6.69. The van der Waals surface area contributed by atoms with Crippen molar-refractivity contribution in [3.8, 4) is 0 Å². The van der Waals surface area contributed by atoms with Gasteiger partial charge < -0.3 is 16.0 Å². The third-order valence-electron chi connectivity index (χ3n) is 4.70. The first kappa shape index (κ1) is 23.4. The maximum Gasteiger partial charge on any atom is 0.330 e. The van der Waals surface area contributed by atoms with E-state index in [4.69, 9.17) is 5.73 Å². The molecule has 0 aromatic carbocycles. The standard InChI is InChI=1S/C20H24N6O4S2/c1-3-4-7-26-17(21)16(18(29)24-20(26)30)25(2)15(28)9-12-11-32-19(22-12)23-14(27)10-13-6-5-8-31-13/h5-6,8,11H,3-4,7,9-10,21H2,1-2H3,(H,22,23,27)(H,24,29,30). The van der Waals surface area contributed by atoms with Gasteiger partial charge in [0.2, 0.25) is 11.8 Å². The first-order valence-electron chi connectivity index (χ1n) is 9.96. The van der Waals surface area contributed by atoms with Gasteiger partial charge >= 0.3 is 5.69 Å². The number of nitrogens with zero attached hydrogens (tertiary/aromatic N) is 3. The SMILES string of the molecule is CCCCn1c(N)c(N(C)C(=O)Cc2csc(NC(=O)Cc3cccs3)n2)c(=O)[nH]c1=O. The zero-order valence-electron chi connectivity index (χ0n) is 17.7. The van der Waals surface area contributed by atoms with Crippen LogP contribution >= 0.6 is 22.7 Å². The Morgan fingerprint density at radius 3 is 2.75 bits per heavy atom. The van der Waals surface area contributed by atoms with Crippen LogP contribution in [0.15, 0.2) is 32.5 Å². The van der Waals surface area contributed by atoms with Gasteiger partial charge in [-0.25, -0.2) is 9.78 Å². The molecule has 0 atom stereocenters. The molecule has 3 rings (SSSR count). The number of thiazole rings is 1. The highest BCUT2D eigenvalue weighted by molar-refractivity contribution is 7.14. The van der Waals surface area contributed by atoms with Crippen molar-refractivity contribution in [1.82, 2.24) is 14.5 Å². The molecule has 0 aliphatic rings. The quantitative estimate of drug-likeness (QED) is 0.430. The summed E-state index contributed by atoms with van der Waals surface area (Å²) < 4.78 is 1.26. The molecule has 0 aliphatic carbocycles. The van der Waals surface area contributed by atoms with Crippen LogP contribution in [0.25, 0.3) is 0 Å². The monoisotopic (exact) mass is 476 g/mol. The Hall–Kier alpha value is -3.25. The molecule has 32 heavy (non-hydrogen) atoms. The van der Waals surface area contributed by atoms with E-state index in [2.05, 4.69) is 15.3 Å². The molecular formula is C20H24N6O4S2. The minimum absolute atomic E-state index is 0.0529. The molecule has 0 unspecified atom stereocenters. The molecule has 2 amide bonds. The molecule has 0 spiro atoms. The number of H-pyrrole nitrogens is 1. The van der Waals surface area contributed by atoms with E-state index in [0.717, 1.165) is 16.2 Å². The number of amides is 2. The number of carbonyl (C=O) groups is 2. The van der Waals surface area contributed by atoms with E-state index >= 15 is 0 Å². The van der Waals surface area contributed by atoms with Crippen LogP contribution in [0.3, 0.4) is 0 Å². The second kappa shape index (κ2) is 10.4. The van der Waals surface area contributed by atoms with Gasteiger partial charge in [0.25, 0.3) is 5.56 Å². The lowest BCUT2D eigenvalue weighted by Gasteiger charge is -2.20. The summed E-state index contributed by atoms with van der Waals surface area (Å²) in [7, 11) is 1.42. The molecular weight excluding hydrogens is 452 g/mol. The number of aromatic nitrogens is 3. The number of thiophene rings is 1. The lowest BCUT2D eigenvalue weighted by atomic mass is 10.3. The summed E-state index contributed by atoms with van der Waals surface area (Å²) in [5.74, 6) is -0.669. The summed E-state index contributed by atoms with van der Waals surface area (Å²) >= 11 is 2.71. The van der Waals surface area contributed by atoms with Crippen molar-refractivity contribution in [1.29, 1.82) is 0 Å². The van der Waals surface area contributed by atoms with E-state index in [1.807, 2.05) is 24.4 Å². The predicted octanol–water partition coefficient (Wildman–Crippen LogP) is 1.82. The fourth-order valence-electron chi connectivity index (χ4n) is 3.02. The lowest BCUT2D eigenvalue weighted by Crippen LogP contribution is -2.39. The van der Waals surface area contributed by atoms with Crippen LogP contribution in [0.4, 0.5) is 16.6 Å². The molecule has 0 saturated carbocycles. The molecule has 10 nitrogen and oxygen atoms in total. The van der Waals surface area contributed by atoms with Gasteiger partial charge in [-0.3, -0.25) is 23.9 Å². The second-order valence-corrected chi connectivity index (χ2v) is 8.97. The third-order valence-corrected chi connectivity index (χ3v) is 6.39. The summed E-state index contributed by atoms with van der Waals surface area (Å²) in [6.07, 6.45) is 1.70. The Morgan fingerprint density at radius 2 is 2.06 bits per heavy atom. The molecule has 0 bridgehead atoms. The minimum Gasteiger partial charge on any atom is -0.383 e. The summed E-state index contributed by atoms with van der Waals surface area (Å²) in [4.78, 5) is 57.9. The number of anilines is 3. The Labute approximate surface area is 191 Å². The normalized spacial score (nSPS) is 10.8. The number of hydrogen-bond acceptors (Lipinski definition) is 8. The van der Waals surface area contributed by atoms with Gasteiger partial charge in [0, 0.05) is 23.8 Å². The number of aromatic amines is 1. The third kappa shape index (κ3) is 5.51. The zero-order chi connectivity index (χ0) is 23.3. The van der Waals surface area contributed by atoms with Crippen molar-refractivity contribution < 1.29 is 9.59 Å². The van der Waals surface area contributed by atoms with Crippen LogP contribution in [0.2, 0.25) is 0 Å². The Morgan fingerprint density at radius 1 is 1.28 bits per heavy atom. The molecule has 3 aromatic rings. The molecule has 0 radical (unpaired) electrons.